The average Bonchev–Trinajstić information content (AvgIpc) is 3.35. The first-order valence-electron chi connectivity index (χ1n) is 11.5. The van der Waals surface area contributed by atoms with Crippen molar-refractivity contribution in [2.24, 2.45) is 26.2 Å². The standard InChI is InChI=1S/C27H28N2O2/c1-25(2)26(3,4)27(25,23-28-21-17-11-7-5-9-15(17)13-19(21)30-23)24-29-22-18-12-8-6-10-16(18)14-20(22)31-24/h5-12,19-22H,13-14H2,1-4H3/t19-,20-,21+,22+/m1/s1. The van der Waals surface area contributed by atoms with Gasteiger partial charge in [-0.15, -0.1) is 0 Å². The van der Waals surface area contributed by atoms with Crippen molar-refractivity contribution in [3.63, 3.8) is 0 Å². The molecule has 2 aromatic carbocycles. The van der Waals surface area contributed by atoms with Crippen molar-refractivity contribution in [2.75, 3.05) is 0 Å². The lowest BCUT2D eigenvalue weighted by Gasteiger charge is -2.23. The van der Waals surface area contributed by atoms with E-state index in [9.17, 15) is 0 Å². The molecule has 31 heavy (non-hydrogen) atoms. The molecule has 0 radical (unpaired) electrons. The summed E-state index contributed by atoms with van der Waals surface area (Å²) in [6, 6.07) is 17.4. The topological polar surface area (TPSA) is 43.2 Å². The first-order valence-corrected chi connectivity index (χ1v) is 11.5. The second kappa shape index (κ2) is 5.40. The summed E-state index contributed by atoms with van der Waals surface area (Å²) in [6.07, 6.45) is 2.05. The van der Waals surface area contributed by atoms with E-state index < -0.39 is 5.41 Å². The first-order chi connectivity index (χ1) is 14.9. The van der Waals surface area contributed by atoms with Gasteiger partial charge in [0.05, 0.1) is 0 Å². The van der Waals surface area contributed by atoms with Crippen LogP contribution in [-0.4, -0.2) is 24.0 Å². The Hall–Kier alpha value is -2.62. The fourth-order valence-corrected chi connectivity index (χ4v) is 7.04. The van der Waals surface area contributed by atoms with Crippen molar-refractivity contribution in [1.29, 1.82) is 0 Å². The molecular formula is C27H28N2O2. The number of benzene rings is 2. The molecule has 5 aliphatic rings. The Morgan fingerprint density at radius 3 is 1.52 bits per heavy atom. The second-order valence-corrected chi connectivity index (χ2v) is 10.9. The highest BCUT2D eigenvalue weighted by molar-refractivity contribution is 6.12. The summed E-state index contributed by atoms with van der Waals surface area (Å²) in [4.78, 5) is 10.5. The third kappa shape index (κ3) is 1.90. The minimum absolute atomic E-state index is 0.0476. The van der Waals surface area contributed by atoms with E-state index in [0.29, 0.717) is 0 Å². The molecule has 0 unspecified atom stereocenters. The van der Waals surface area contributed by atoms with Gasteiger partial charge < -0.3 is 9.47 Å². The smallest absolute Gasteiger partial charge is 0.201 e. The Balaban J connectivity index is 1.33. The van der Waals surface area contributed by atoms with E-state index in [1.165, 1.54) is 22.3 Å². The van der Waals surface area contributed by atoms with Crippen molar-refractivity contribution < 1.29 is 9.47 Å². The predicted octanol–water partition coefficient (Wildman–Crippen LogP) is 5.23. The molecule has 0 aromatic heterocycles. The van der Waals surface area contributed by atoms with Crippen molar-refractivity contribution in [3.8, 4) is 0 Å². The molecule has 1 saturated carbocycles. The molecule has 3 aliphatic carbocycles. The summed E-state index contributed by atoms with van der Waals surface area (Å²) in [5, 5.41) is 0. The fraction of sp³-hybridized carbons (Fsp3) is 0.481. The second-order valence-electron chi connectivity index (χ2n) is 10.9. The molecule has 1 fully saturated rings. The van der Waals surface area contributed by atoms with Crippen LogP contribution in [0.5, 0.6) is 0 Å². The SMILES string of the molecule is CC1(C)C(C)(C)C1(C1=N[C@H]2c3ccccc3C[C@H]2O1)C1=N[C@H]2c3ccccc3C[C@H]2O1. The lowest BCUT2D eigenvalue weighted by Crippen LogP contribution is -2.35. The number of aliphatic imine (C=N–C) groups is 2. The van der Waals surface area contributed by atoms with Crippen molar-refractivity contribution >= 4 is 11.8 Å². The van der Waals surface area contributed by atoms with Crippen molar-refractivity contribution in [1.82, 2.24) is 0 Å². The maximum atomic E-state index is 6.66. The van der Waals surface area contributed by atoms with E-state index in [-0.39, 0.29) is 35.1 Å². The Morgan fingerprint density at radius 1 is 0.677 bits per heavy atom. The first kappa shape index (κ1) is 18.0. The normalized spacial score (nSPS) is 33.9. The van der Waals surface area contributed by atoms with E-state index in [1.54, 1.807) is 0 Å². The predicted molar refractivity (Wildman–Crippen MR) is 120 cm³/mol. The summed E-state index contributed by atoms with van der Waals surface area (Å²) < 4.78 is 13.3. The van der Waals surface area contributed by atoms with E-state index in [0.717, 1.165) is 24.6 Å². The van der Waals surface area contributed by atoms with Crippen LogP contribution in [0.2, 0.25) is 0 Å². The average molecular weight is 413 g/mol. The van der Waals surface area contributed by atoms with Gasteiger partial charge >= 0.3 is 0 Å². The number of ether oxygens (including phenoxy) is 2. The molecule has 2 heterocycles. The Kier molecular flexibility index (Phi) is 3.14. The van der Waals surface area contributed by atoms with Crippen LogP contribution < -0.4 is 0 Å². The molecule has 0 saturated heterocycles. The van der Waals surface area contributed by atoms with Crippen LogP contribution >= 0.6 is 0 Å². The van der Waals surface area contributed by atoms with E-state index >= 15 is 0 Å². The molecule has 0 bridgehead atoms. The minimum atomic E-state index is -0.404. The highest BCUT2D eigenvalue weighted by Gasteiger charge is 2.85. The molecule has 7 rings (SSSR count). The van der Waals surface area contributed by atoms with Gasteiger partial charge in [-0.1, -0.05) is 76.2 Å². The van der Waals surface area contributed by atoms with Crippen molar-refractivity contribution in [2.45, 2.75) is 64.8 Å². The van der Waals surface area contributed by atoms with Crippen molar-refractivity contribution in [3.05, 3.63) is 70.8 Å². The lowest BCUT2D eigenvalue weighted by atomic mass is 9.93. The van der Waals surface area contributed by atoms with Gasteiger partial charge in [-0.25, -0.2) is 9.98 Å². The number of fused-ring (bicyclic) bond motifs is 6. The molecule has 4 heteroatoms. The van der Waals surface area contributed by atoms with E-state index in [2.05, 4.69) is 76.2 Å². The summed E-state index contributed by atoms with van der Waals surface area (Å²) in [5.74, 6) is 1.69. The Labute approximate surface area is 183 Å². The quantitative estimate of drug-likeness (QED) is 0.678. The molecule has 158 valence electrons. The van der Waals surface area contributed by atoms with E-state index in [4.69, 9.17) is 19.5 Å². The van der Waals surface area contributed by atoms with Crippen LogP contribution in [0.4, 0.5) is 0 Å². The lowest BCUT2D eigenvalue weighted by molar-refractivity contribution is 0.171. The zero-order valence-corrected chi connectivity index (χ0v) is 18.6. The number of hydrogen-bond donors (Lipinski definition) is 0. The zero-order chi connectivity index (χ0) is 21.2. The van der Waals surface area contributed by atoms with Crippen LogP contribution in [0.1, 0.15) is 62.0 Å². The highest BCUT2D eigenvalue weighted by Crippen LogP contribution is 2.80. The summed E-state index contributed by atoms with van der Waals surface area (Å²) in [6.45, 7) is 9.26. The third-order valence-corrected chi connectivity index (χ3v) is 9.35. The molecule has 0 spiro atoms. The van der Waals surface area contributed by atoms with Gasteiger partial charge in [-0.2, -0.15) is 0 Å². The maximum absolute atomic E-state index is 6.66. The molecule has 0 N–H and O–H groups in total. The fourth-order valence-electron chi connectivity index (χ4n) is 7.04. The van der Waals surface area contributed by atoms with Crippen LogP contribution in [0.15, 0.2) is 58.5 Å². The zero-order valence-electron chi connectivity index (χ0n) is 18.6. The van der Waals surface area contributed by atoms with Crippen LogP contribution in [0, 0.1) is 16.2 Å². The molecular weight excluding hydrogens is 384 g/mol. The largest absolute Gasteiger partial charge is 0.474 e. The molecule has 4 atom stereocenters. The maximum Gasteiger partial charge on any atom is 0.201 e. The summed E-state index contributed by atoms with van der Waals surface area (Å²) >= 11 is 0. The van der Waals surface area contributed by atoms with Crippen LogP contribution in [-0.2, 0) is 22.3 Å². The van der Waals surface area contributed by atoms with Gasteiger partial charge in [0.15, 0.2) is 0 Å². The van der Waals surface area contributed by atoms with Crippen LogP contribution in [0.25, 0.3) is 0 Å². The van der Waals surface area contributed by atoms with Gasteiger partial charge in [-0.05, 0) is 33.1 Å². The summed E-state index contributed by atoms with van der Waals surface area (Å²) in [7, 11) is 0. The Bertz CT molecular complexity index is 1100. The van der Waals surface area contributed by atoms with Gasteiger partial charge in [-0.3, -0.25) is 0 Å². The molecule has 4 nitrogen and oxygen atoms in total. The number of nitrogens with zero attached hydrogens (tertiary/aromatic N) is 2. The van der Waals surface area contributed by atoms with Gasteiger partial charge in [0.2, 0.25) is 11.8 Å². The Morgan fingerprint density at radius 2 is 1.10 bits per heavy atom. The monoisotopic (exact) mass is 412 g/mol. The number of hydrogen-bond acceptors (Lipinski definition) is 4. The minimum Gasteiger partial charge on any atom is -0.474 e. The van der Waals surface area contributed by atoms with E-state index in [1.807, 2.05) is 0 Å². The van der Waals surface area contributed by atoms with Crippen LogP contribution in [0.3, 0.4) is 0 Å². The van der Waals surface area contributed by atoms with Gasteiger partial charge in [0, 0.05) is 12.8 Å². The van der Waals surface area contributed by atoms with Gasteiger partial charge in [0.25, 0.3) is 0 Å². The number of rotatable bonds is 2. The third-order valence-electron chi connectivity index (χ3n) is 9.35. The summed E-state index contributed by atoms with van der Waals surface area (Å²) in [5.41, 5.74) is 4.86. The molecule has 2 aliphatic heterocycles. The highest BCUT2D eigenvalue weighted by atomic mass is 16.5. The van der Waals surface area contributed by atoms with Gasteiger partial charge in [0.1, 0.15) is 29.7 Å². The molecule has 0 amide bonds. The molecule has 2 aromatic rings.